The van der Waals surface area contributed by atoms with Gasteiger partial charge >= 0.3 is 0 Å². The van der Waals surface area contributed by atoms with Crippen LogP contribution in [0.5, 0.6) is 0 Å². The maximum absolute atomic E-state index is 2.69. The van der Waals surface area contributed by atoms with Gasteiger partial charge in [-0.3, -0.25) is 0 Å². The molecule has 0 saturated heterocycles. The molecular weight excluding hydrogens is 1250 g/mol. The van der Waals surface area contributed by atoms with Crippen LogP contribution in [-0.2, 0) is 0 Å². The Morgan fingerprint density at radius 1 is 0.202 bits per heavy atom. The van der Waals surface area contributed by atoms with Crippen molar-refractivity contribution in [1.29, 1.82) is 0 Å². The van der Waals surface area contributed by atoms with E-state index in [-0.39, 0.29) is 6.71 Å². The van der Waals surface area contributed by atoms with Crippen molar-refractivity contribution in [3.63, 3.8) is 0 Å². The first kappa shape index (κ1) is 60.4. The molecule has 2 aliphatic rings. The predicted molar refractivity (Wildman–Crippen MR) is 442 cm³/mol. The quantitative estimate of drug-likeness (QED) is 0.0841. The van der Waals surface area contributed by atoms with Crippen LogP contribution in [0, 0.1) is 0 Å². The monoisotopic (exact) mass is 1320 g/mol. The van der Waals surface area contributed by atoms with Gasteiger partial charge in [-0.25, -0.2) is 0 Å². The molecule has 0 atom stereocenters. The molecule has 0 fully saturated rings. The fraction of sp³-hybridized carbons (Fsp3) is 0. The van der Waals surface area contributed by atoms with E-state index in [4.69, 9.17) is 0 Å². The first-order valence-electron chi connectivity index (χ1n) is 36.0. The normalized spacial score (nSPS) is 12.2. The van der Waals surface area contributed by atoms with E-state index in [2.05, 4.69) is 415 Å². The van der Waals surface area contributed by atoms with Crippen molar-refractivity contribution < 1.29 is 0 Å². The van der Waals surface area contributed by atoms with Gasteiger partial charge in [0.15, 0.2) is 0 Å². The van der Waals surface area contributed by atoms with Gasteiger partial charge < -0.3 is 14.7 Å². The zero-order valence-electron chi connectivity index (χ0n) is 57.0. The summed E-state index contributed by atoms with van der Waals surface area (Å²) in [5, 5.41) is 7.57. The second-order valence-electron chi connectivity index (χ2n) is 27.4. The van der Waals surface area contributed by atoms with E-state index in [1.54, 1.807) is 0 Å². The number of hydrogen-bond donors (Lipinski definition) is 0. The first-order chi connectivity index (χ1) is 51.6. The van der Waals surface area contributed by atoms with E-state index in [0.29, 0.717) is 0 Å². The maximum Gasteiger partial charge on any atom is 0.252 e. The predicted octanol–water partition coefficient (Wildman–Crippen LogP) is 25.5. The van der Waals surface area contributed by atoms with Crippen LogP contribution in [0.2, 0.25) is 0 Å². The van der Waals surface area contributed by atoms with Gasteiger partial charge in [0, 0.05) is 56.4 Å². The number of rotatable bonds is 13. The zero-order chi connectivity index (χ0) is 68.6. The number of nitrogens with zero attached hydrogens (tertiary/aromatic N) is 3. The summed E-state index contributed by atoms with van der Waals surface area (Å²) < 4.78 is 0. The third kappa shape index (κ3) is 10.2. The minimum absolute atomic E-state index is 0.275. The molecule has 18 aromatic carbocycles. The summed E-state index contributed by atoms with van der Waals surface area (Å²) in [5.41, 5.74) is 31.5. The Kier molecular flexibility index (Phi) is 14.7. The summed E-state index contributed by atoms with van der Waals surface area (Å²) in [4.78, 5) is 7.85. The lowest BCUT2D eigenvalue weighted by Crippen LogP contribution is -2.61. The molecule has 18 aromatic rings. The van der Waals surface area contributed by atoms with Crippen LogP contribution in [0.25, 0.3) is 121 Å². The Morgan fingerprint density at radius 3 is 1.03 bits per heavy atom. The lowest BCUT2D eigenvalue weighted by atomic mass is 9.33. The van der Waals surface area contributed by atoms with E-state index in [1.165, 1.54) is 65.4 Å². The lowest BCUT2D eigenvalue weighted by Gasteiger charge is -2.46. The summed E-state index contributed by atoms with van der Waals surface area (Å²) in [6.45, 7) is -0.275. The molecule has 104 heavy (non-hydrogen) atoms. The number of benzene rings is 18. The molecule has 0 unspecified atom stereocenters. The van der Waals surface area contributed by atoms with E-state index in [9.17, 15) is 0 Å². The summed E-state index contributed by atoms with van der Waals surface area (Å²) >= 11 is 0. The summed E-state index contributed by atoms with van der Waals surface area (Å²) in [6.07, 6.45) is 0. The molecule has 0 N–H and O–H groups in total. The third-order valence-electron chi connectivity index (χ3n) is 21.6. The summed E-state index contributed by atoms with van der Waals surface area (Å²) in [5.74, 6) is 0. The lowest BCUT2D eigenvalue weighted by molar-refractivity contribution is 1.23. The highest BCUT2D eigenvalue weighted by Crippen LogP contribution is 2.56. The Balaban J connectivity index is 0.953. The Hall–Kier alpha value is -13.5. The van der Waals surface area contributed by atoms with Gasteiger partial charge in [-0.15, -0.1) is 0 Å². The van der Waals surface area contributed by atoms with Gasteiger partial charge in [-0.2, -0.15) is 0 Å². The molecule has 20 rings (SSSR count). The number of fused-ring (bicyclic) bond motifs is 4. The smallest absolute Gasteiger partial charge is 0.252 e. The van der Waals surface area contributed by atoms with Crippen molar-refractivity contribution in [2.75, 3.05) is 14.7 Å². The summed E-state index contributed by atoms with van der Waals surface area (Å²) in [6, 6.07) is 149. The van der Waals surface area contributed by atoms with Crippen molar-refractivity contribution in [2.45, 2.75) is 0 Å². The second-order valence-corrected chi connectivity index (χ2v) is 27.4. The SMILES string of the molecule is c1ccc(-c2ccc(N(c3ccc(-c4ccccc4)cc3)c3cc4c5c(c3)N(c3c(-c6ccccc6)cccc3-c3ccccc3)c3cc(-c6ccc7ccc8cccc9ccc6c7c89)ccc3B5c3cc(-c5ccccc5)ccc3N4c3c(-c4ccccc4)cccc3-c3ccccc3)cc2)cc1. The largest absolute Gasteiger partial charge is 0.310 e. The average Bonchev–Trinajstić information content (AvgIpc) is 0.687. The highest BCUT2D eigenvalue weighted by Gasteiger charge is 2.46. The molecule has 0 aliphatic carbocycles. The van der Waals surface area contributed by atoms with Gasteiger partial charge in [-0.1, -0.05) is 352 Å². The Morgan fingerprint density at radius 2 is 0.567 bits per heavy atom. The number of hydrogen-bond acceptors (Lipinski definition) is 3. The fourth-order valence-electron chi connectivity index (χ4n) is 16.8. The van der Waals surface area contributed by atoms with E-state index in [0.717, 1.165) is 124 Å². The molecule has 0 saturated carbocycles. The molecule has 2 aliphatic heterocycles. The molecule has 0 radical (unpaired) electrons. The molecule has 0 amide bonds. The third-order valence-corrected chi connectivity index (χ3v) is 21.6. The Labute approximate surface area is 606 Å². The molecular formula is C100H66BN3. The standard InChI is InChI=1S/C100H66BN3/c1-8-25-67(26-9-1)70-47-55-81(56-48-70)102(82-57-49-71(50-58-82)68-27-10-2-11-28-68)83-65-94-98-95(66-83)104(100-87(74-35-18-6-19-36-74)43-24-44-88(100)75-37-20-7-21-38-75)93-64-80(84-59-51-78-46-45-76-39-22-40-77-52-60-89(84)97(78)96(76)77)53-61-90(93)101(98)91-63-79(69-29-12-3-13-30-69)54-62-92(91)103(94)99-85(72-31-14-4-15-32-72)41-23-42-86(99)73-33-16-5-17-34-73/h1-66H. The number of para-hydroxylation sites is 2. The minimum Gasteiger partial charge on any atom is -0.310 e. The number of anilines is 9. The van der Waals surface area contributed by atoms with Gasteiger partial charge in [0.25, 0.3) is 6.71 Å². The van der Waals surface area contributed by atoms with Crippen molar-refractivity contribution >= 4 is 107 Å². The molecule has 484 valence electrons. The van der Waals surface area contributed by atoms with Crippen LogP contribution in [0.15, 0.2) is 400 Å². The van der Waals surface area contributed by atoms with Gasteiger partial charge in [0.05, 0.1) is 17.1 Å². The molecule has 2 heterocycles. The molecule has 3 nitrogen and oxygen atoms in total. The first-order valence-corrected chi connectivity index (χ1v) is 36.0. The van der Waals surface area contributed by atoms with Crippen LogP contribution >= 0.6 is 0 Å². The molecule has 0 bridgehead atoms. The van der Waals surface area contributed by atoms with Crippen molar-refractivity contribution in [2.24, 2.45) is 0 Å². The maximum atomic E-state index is 2.69. The van der Waals surface area contributed by atoms with Crippen molar-refractivity contribution in [3.05, 3.63) is 400 Å². The van der Waals surface area contributed by atoms with Crippen molar-refractivity contribution in [1.82, 2.24) is 0 Å². The van der Waals surface area contributed by atoms with E-state index < -0.39 is 0 Å². The van der Waals surface area contributed by atoms with Crippen LogP contribution in [0.1, 0.15) is 0 Å². The van der Waals surface area contributed by atoms with Crippen LogP contribution < -0.4 is 31.1 Å². The van der Waals surface area contributed by atoms with Gasteiger partial charge in [0.2, 0.25) is 0 Å². The van der Waals surface area contributed by atoms with Crippen LogP contribution in [0.3, 0.4) is 0 Å². The summed E-state index contributed by atoms with van der Waals surface area (Å²) in [7, 11) is 0. The second kappa shape index (κ2) is 25.3. The van der Waals surface area contributed by atoms with Gasteiger partial charge in [-0.05, 0) is 164 Å². The molecule has 0 spiro atoms. The highest BCUT2D eigenvalue weighted by atomic mass is 15.2. The van der Waals surface area contributed by atoms with E-state index >= 15 is 0 Å². The fourth-order valence-corrected chi connectivity index (χ4v) is 16.8. The van der Waals surface area contributed by atoms with Crippen LogP contribution in [-0.4, -0.2) is 6.71 Å². The van der Waals surface area contributed by atoms with Gasteiger partial charge in [0.1, 0.15) is 0 Å². The Bertz CT molecular complexity index is 6040. The topological polar surface area (TPSA) is 9.72 Å². The van der Waals surface area contributed by atoms with Crippen LogP contribution in [0.4, 0.5) is 51.2 Å². The minimum atomic E-state index is -0.275. The molecule has 0 aromatic heterocycles. The van der Waals surface area contributed by atoms with E-state index in [1.807, 2.05) is 0 Å². The molecule has 4 heteroatoms. The zero-order valence-corrected chi connectivity index (χ0v) is 57.0. The average molecular weight is 1320 g/mol. The highest BCUT2D eigenvalue weighted by molar-refractivity contribution is 7.00. The van der Waals surface area contributed by atoms with Crippen molar-refractivity contribution in [3.8, 4) is 89.0 Å².